The molecule has 55 heteroatoms. The molecule has 0 amide bonds. The van der Waals surface area contributed by atoms with E-state index in [-0.39, 0.29) is 67.8 Å². The lowest BCUT2D eigenvalue weighted by atomic mass is 10.2. The Hall–Kier alpha value is -13.9. The zero-order valence-corrected chi connectivity index (χ0v) is 97.9. The van der Waals surface area contributed by atoms with Crippen LogP contribution in [0.5, 0.6) is 0 Å². The highest BCUT2D eigenvalue weighted by molar-refractivity contribution is 6.06. The summed E-state index contributed by atoms with van der Waals surface area (Å²) in [5.74, 6) is 14.8. The number of nitrogens with one attached hydrogen (secondary N) is 30. The zero-order valence-electron chi connectivity index (χ0n) is 97.9. The van der Waals surface area contributed by atoms with Crippen molar-refractivity contribution >= 4 is 131 Å². The van der Waals surface area contributed by atoms with Crippen molar-refractivity contribution in [2.45, 2.75) is 316 Å². The third kappa shape index (κ3) is 53.3. The second kappa shape index (κ2) is 75.8. The molecule has 11 aliphatic rings. The van der Waals surface area contributed by atoms with Crippen LogP contribution in [0.1, 0.15) is 249 Å². The van der Waals surface area contributed by atoms with Crippen LogP contribution in [-0.4, -0.2) is 419 Å². The highest BCUT2D eigenvalue weighted by atomic mass is 15.5. The van der Waals surface area contributed by atoms with E-state index >= 15 is 0 Å². The molecule has 8 fully saturated rings. The van der Waals surface area contributed by atoms with Crippen molar-refractivity contribution in [3.8, 4) is 0 Å². The Labute approximate surface area is 898 Å². The number of aliphatic imine (C=N–C) groups is 15. The van der Waals surface area contributed by atoms with Crippen LogP contribution in [0.3, 0.4) is 0 Å². The van der Waals surface area contributed by atoms with Crippen molar-refractivity contribution in [3.63, 3.8) is 0 Å². The number of nitrogens with zero attached hydrogens (tertiary/aromatic N) is 25. The molecule has 0 aromatic carbocycles. The molecule has 0 radical (unpaired) electrons. The highest BCUT2D eigenvalue weighted by Gasteiger charge is 2.30. The first-order chi connectivity index (χ1) is 71.3. The van der Waals surface area contributed by atoms with Crippen molar-refractivity contribution in [2.75, 3.05) is 171 Å². The highest BCUT2D eigenvalue weighted by Crippen LogP contribution is 2.10. The minimum atomic E-state index is -0.00676. The van der Waals surface area contributed by atoms with E-state index in [9.17, 15) is 0 Å². The van der Waals surface area contributed by atoms with Gasteiger partial charge in [0.05, 0.1) is 49.3 Å². The molecule has 150 heavy (non-hydrogen) atoms. The molecule has 11 heterocycles. The van der Waals surface area contributed by atoms with E-state index in [2.05, 4.69) is 269 Å². The molecule has 11 unspecified atom stereocenters. The second-order valence-electron chi connectivity index (χ2n) is 36.2. The number of hydrogen-bond donors (Lipinski definition) is 30. The minimum Gasteiger partial charge on any atom is -0.346 e. The largest absolute Gasteiger partial charge is 0.346 e. The molecular formula is C95H201N55. The van der Waals surface area contributed by atoms with E-state index in [1.54, 1.807) is 62.5 Å². The van der Waals surface area contributed by atoms with Crippen molar-refractivity contribution < 1.29 is 0 Å². The lowest BCUT2D eigenvalue weighted by Crippen LogP contribution is -2.62. The van der Waals surface area contributed by atoms with Gasteiger partial charge in [0.25, 0.3) is 0 Å². The van der Waals surface area contributed by atoms with Gasteiger partial charge in [0.15, 0.2) is 89.4 Å². The fourth-order valence-electron chi connectivity index (χ4n) is 13.6. The van der Waals surface area contributed by atoms with Gasteiger partial charge in [-0.15, -0.1) is 0 Å². The van der Waals surface area contributed by atoms with Gasteiger partial charge in [-0.3, -0.25) is 153 Å². The maximum atomic E-state index is 7.73. The minimum absolute atomic E-state index is 0.00648. The second-order valence-corrected chi connectivity index (χ2v) is 36.2. The van der Waals surface area contributed by atoms with Crippen molar-refractivity contribution in [1.29, 1.82) is 37.9 Å². The molecule has 856 valence electrons. The summed E-state index contributed by atoms with van der Waals surface area (Å²) in [7, 11) is 25.8. The van der Waals surface area contributed by atoms with Gasteiger partial charge in [0.2, 0.25) is 41.7 Å². The summed E-state index contributed by atoms with van der Waals surface area (Å²) < 4.78 is 0. The maximum Gasteiger partial charge on any atom is 0.205 e. The van der Waals surface area contributed by atoms with E-state index in [0.717, 1.165) is 219 Å². The Morgan fingerprint density at radius 3 is 0.747 bits per heavy atom. The van der Waals surface area contributed by atoms with Crippen LogP contribution in [0.4, 0.5) is 0 Å². The lowest BCUT2D eigenvalue weighted by Gasteiger charge is -2.34. The number of hydrogen-bond acceptors (Lipinski definition) is 25. The monoisotopic (exact) mass is 2110 g/mol. The van der Waals surface area contributed by atoms with Crippen LogP contribution in [0, 0.1) is 37.9 Å². The molecular weight excluding hydrogens is 1910 g/mol. The summed E-state index contributed by atoms with van der Waals surface area (Å²) in [5, 5.41) is 124. The summed E-state index contributed by atoms with van der Waals surface area (Å²) in [5.41, 5.74) is 0. The Morgan fingerprint density at radius 2 is 0.467 bits per heavy atom. The van der Waals surface area contributed by atoms with Crippen LogP contribution in [0.15, 0.2) is 74.9 Å². The van der Waals surface area contributed by atoms with E-state index in [1.165, 1.54) is 38.5 Å². The zero-order chi connectivity index (χ0) is 113. The quantitative estimate of drug-likeness (QED) is 0.0553. The number of unbranched alkanes of at least 4 members (excludes halogenated alkanes) is 7. The fraction of sp³-hybridized carbons (Fsp3) is 0.768. The molecule has 0 spiro atoms. The smallest absolute Gasteiger partial charge is 0.205 e. The van der Waals surface area contributed by atoms with Crippen LogP contribution in [0.25, 0.3) is 0 Å². The molecule has 8 saturated heterocycles. The van der Waals surface area contributed by atoms with Crippen LogP contribution < -0.4 is 122 Å². The summed E-state index contributed by atoms with van der Waals surface area (Å²) in [6.07, 6.45) is 18.2. The molecule has 11 aliphatic heterocycles. The summed E-state index contributed by atoms with van der Waals surface area (Å²) in [6.45, 7) is 54.3. The van der Waals surface area contributed by atoms with Gasteiger partial charge in [-0.2, -0.15) is 0 Å². The van der Waals surface area contributed by atoms with Crippen LogP contribution >= 0.6 is 0 Å². The van der Waals surface area contributed by atoms with Crippen molar-refractivity contribution in [2.24, 2.45) is 74.9 Å². The average molecular weight is 2110 g/mol. The Kier molecular flexibility index (Phi) is 67.8. The molecule has 0 bridgehead atoms. The fourth-order valence-corrected chi connectivity index (χ4v) is 13.6. The Balaban J connectivity index is 0.000000826. The number of guanidine groups is 22. The molecule has 11 atom stereocenters. The van der Waals surface area contributed by atoms with E-state index < -0.39 is 0 Å². The van der Waals surface area contributed by atoms with Crippen LogP contribution in [0.2, 0.25) is 0 Å². The van der Waals surface area contributed by atoms with Gasteiger partial charge in [-0.25, -0.2) is 15.0 Å². The van der Waals surface area contributed by atoms with Crippen LogP contribution in [-0.2, 0) is 0 Å². The normalized spacial score (nSPS) is 25.1. The topological polar surface area (TPSA) is 661 Å². The summed E-state index contributed by atoms with van der Waals surface area (Å²) in [6, 6.07) is 0. The third-order valence-electron chi connectivity index (χ3n) is 22.1. The molecule has 11 rings (SSSR count). The molecule has 0 aromatic rings. The first kappa shape index (κ1) is 134. The standard InChI is InChI=1S/3C10H21N5.3C9H19N5.3C8H17N5.2C7H15N5/c1-5-6-7-14(3)10-13-8(2)12-9(11)15(10)4;1-4-5-6-7-12-10-14-8(2)13-9(11)15(10)3;1-4-5-6-7-12-10-14-8(2)13-9(11-3)15-10;1-5-6-13(3)9-12-7(2)11-8(10)14(9)4;1-4-5-6-11-9-13-7(2)12-8(10)14(9)3;1-4-5-6-11-9-13-7(2)12-8(10-3)14-9;1-5-12(3)8-11-6(2)10-7(9)13(8)4;1-4-5-10-8-12-6(2)11-7(9)13(8)3;1-4-5-10-8-12-6(2)11-7(9-3)13-8;1-4-9-7-11-5(2)10-6(8)12(7)3;1-4-9-7-11-5(2)10-6(8-3)12-7/h8H,5-7H2,1-4H3,(H2,11,12);8H,4-7H2,1-3H3,(H2,11,13)(H,12,14);8H,4-7H2,1-3H3,(H3,11,12,13,14,15);7H,5-6H2,1-4H3,(H2,10,11);7H,4-6H2,1-3H3,(H2,10,12)(H,11,13);7H,4-6H2,1-3H3,(H3,10,11,12,13,14);6H,5H2,1-4H3,(H2,9,10);6H,4-5H2,1-3H3,(H2,9,11)(H,10,12);6H,4-5H2,1-3H3,(H3,9,10,11,12,13);5H,4H2,1-3H3,(H2,8,10)(H,9,11);5H,4H2,1-3H3,(H3,8,9,10,11,12). The van der Waals surface area contributed by atoms with Gasteiger partial charge < -0.3 is 116 Å². The first-order valence-corrected chi connectivity index (χ1v) is 53.3. The predicted molar refractivity (Wildman–Crippen MR) is 628 cm³/mol. The van der Waals surface area contributed by atoms with Gasteiger partial charge in [-0.05, 0) is 148 Å². The van der Waals surface area contributed by atoms with E-state index in [1.807, 2.05) is 165 Å². The molecule has 30 N–H and O–H groups in total. The summed E-state index contributed by atoms with van der Waals surface area (Å²) >= 11 is 0. The lowest BCUT2D eigenvalue weighted by molar-refractivity contribution is 0.411. The Bertz CT molecular complexity index is 4460. The predicted octanol–water partition coefficient (Wildman–Crippen LogP) is 3.16. The SMILES string of the molecule is CCCCCN=C1NC(=NC)NC(C)N1.CCCCCN=C1NC(C)NC(=N)N1C.CCCCN(C)C1=NC(C)NC(=N)N1C.CCCCN=C1NC(=NC)NC(C)N1.CCCCN=C1NC(C)NC(=N)N1C.CCCN(C)C1=NC(C)NC(=N)N1C.CCCN=C1NC(=NC)NC(C)N1.CCCN=C1NC(C)NC(=N)N1C.CCN(C)C1=NC(C)NC(=N)N1C.CCN=C1NC(=NC)NC(C)N1.CCN=C1NC(C)NC(=N)N1C. The molecule has 0 aromatic heterocycles. The maximum absolute atomic E-state index is 7.73. The summed E-state index contributed by atoms with van der Waals surface area (Å²) in [4.78, 5) is 82.6. The average Bonchev–Trinajstić information content (AvgIpc) is 0.834. The van der Waals surface area contributed by atoms with Crippen molar-refractivity contribution in [3.05, 3.63) is 0 Å². The van der Waals surface area contributed by atoms with Gasteiger partial charge in [-0.1, -0.05) is 100 Å². The van der Waals surface area contributed by atoms with E-state index in [4.69, 9.17) is 37.9 Å². The van der Waals surface area contributed by atoms with E-state index in [0.29, 0.717) is 41.7 Å². The molecule has 0 saturated carbocycles. The van der Waals surface area contributed by atoms with Gasteiger partial charge in [0, 0.05) is 171 Å². The number of rotatable bonds is 26. The molecule has 55 nitrogen and oxygen atoms in total. The third-order valence-corrected chi connectivity index (χ3v) is 22.1. The van der Waals surface area contributed by atoms with Crippen molar-refractivity contribution in [1.82, 2.24) is 171 Å². The van der Waals surface area contributed by atoms with Gasteiger partial charge in [0.1, 0.15) is 18.5 Å². The first-order valence-electron chi connectivity index (χ1n) is 53.3. The Morgan fingerprint density at radius 1 is 0.233 bits per heavy atom. The molecule has 0 aliphatic carbocycles. The van der Waals surface area contributed by atoms with Gasteiger partial charge >= 0.3 is 0 Å².